The number of nitrogens with zero attached hydrogens (tertiary/aromatic N) is 1. The molecule has 25 heavy (non-hydrogen) atoms. The van der Waals surface area contributed by atoms with E-state index in [-0.39, 0.29) is 18.4 Å². The van der Waals surface area contributed by atoms with Crippen LogP contribution in [0.5, 0.6) is 5.75 Å². The fourth-order valence-corrected chi connectivity index (χ4v) is 2.83. The highest BCUT2D eigenvalue weighted by Crippen LogP contribution is 2.18. The molecule has 0 bridgehead atoms. The Hall–Kier alpha value is -2.80. The summed E-state index contributed by atoms with van der Waals surface area (Å²) < 4.78 is 10.3. The lowest BCUT2D eigenvalue weighted by Gasteiger charge is -2.17. The van der Waals surface area contributed by atoms with E-state index in [1.165, 1.54) is 6.26 Å². The first kappa shape index (κ1) is 17.0. The Balaban J connectivity index is 1.58. The number of hydrogen-bond acceptors (Lipinski definition) is 5. The lowest BCUT2D eigenvalue weighted by molar-refractivity contribution is -0.129. The Morgan fingerprint density at radius 2 is 2.16 bits per heavy atom. The summed E-state index contributed by atoms with van der Waals surface area (Å²) in [6.07, 6.45) is 1.94. The topological polar surface area (TPSA) is 97.8 Å². The lowest BCUT2D eigenvalue weighted by atomic mass is 10.2. The van der Waals surface area contributed by atoms with Gasteiger partial charge in [0.15, 0.2) is 0 Å². The maximum Gasteiger partial charge on any atom is 0.255 e. The van der Waals surface area contributed by atoms with E-state index in [9.17, 15) is 9.59 Å². The van der Waals surface area contributed by atoms with Crippen LogP contribution in [0.15, 0.2) is 41.0 Å². The Bertz CT molecular complexity index is 754. The summed E-state index contributed by atoms with van der Waals surface area (Å²) in [5.74, 6) is 0.905. The molecule has 0 spiro atoms. The van der Waals surface area contributed by atoms with Gasteiger partial charge in [-0.3, -0.25) is 9.59 Å². The highest BCUT2D eigenvalue weighted by atomic mass is 16.5. The molecule has 1 aromatic heterocycles. The first-order valence-electron chi connectivity index (χ1n) is 8.10. The van der Waals surface area contributed by atoms with Gasteiger partial charge in [-0.25, -0.2) is 0 Å². The zero-order valence-electron chi connectivity index (χ0n) is 14.0. The zero-order chi connectivity index (χ0) is 17.8. The highest BCUT2D eigenvalue weighted by Gasteiger charge is 2.33. The Labute approximate surface area is 145 Å². The number of amides is 2. The Morgan fingerprint density at radius 3 is 2.80 bits per heavy atom. The van der Waals surface area contributed by atoms with E-state index in [0.717, 1.165) is 11.3 Å². The first-order valence-corrected chi connectivity index (χ1v) is 8.10. The molecule has 132 valence electrons. The van der Waals surface area contributed by atoms with Crippen molar-refractivity contribution in [1.29, 1.82) is 0 Å². The maximum absolute atomic E-state index is 12.5. The first-order chi connectivity index (χ1) is 12.1. The van der Waals surface area contributed by atoms with E-state index < -0.39 is 6.04 Å². The van der Waals surface area contributed by atoms with Crippen molar-refractivity contribution >= 4 is 11.8 Å². The Morgan fingerprint density at radius 1 is 1.40 bits per heavy atom. The van der Waals surface area contributed by atoms with Gasteiger partial charge in [0, 0.05) is 13.1 Å². The normalized spacial score (nSPS) is 17.0. The molecule has 1 aliphatic rings. The van der Waals surface area contributed by atoms with E-state index in [2.05, 4.69) is 5.32 Å². The number of nitrogens with two attached hydrogens (primary N) is 1. The van der Waals surface area contributed by atoms with Crippen LogP contribution in [-0.4, -0.2) is 36.4 Å². The van der Waals surface area contributed by atoms with Crippen molar-refractivity contribution in [2.45, 2.75) is 25.6 Å². The molecule has 3 rings (SSSR count). The highest BCUT2D eigenvalue weighted by molar-refractivity contribution is 5.97. The molecule has 1 aliphatic heterocycles. The van der Waals surface area contributed by atoms with E-state index in [4.69, 9.17) is 14.9 Å². The van der Waals surface area contributed by atoms with Crippen LogP contribution < -0.4 is 15.8 Å². The van der Waals surface area contributed by atoms with Gasteiger partial charge in [-0.05, 0) is 30.2 Å². The number of ether oxygens (including phenoxy) is 1. The van der Waals surface area contributed by atoms with Crippen LogP contribution in [0, 0.1) is 0 Å². The number of hydrogen-bond donors (Lipinski definition) is 2. The molecular formula is C18H21N3O4. The molecule has 0 radical (unpaired) electrons. The number of carbonyl (C=O) groups is 2. The third-order valence-electron chi connectivity index (χ3n) is 4.25. The van der Waals surface area contributed by atoms with Crippen molar-refractivity contribution in [3.8, 4) is 5.75 Å². The second kappa shape index (κ2) is 7.40. The van der Waals surface area contributed by atoms with Gasteiger partial charge >= 0.3 is 0 Å². The van der Waals surface area contributed by atoms with Crippen LogP contribution in [0.25, 0.3) is 0 Å². The van der Waals surface area contributed by atoms with E-state index in [0.29, 0.717) is 30.8 Å². The van der Waals surface area contributed by atoms with Crippen molar-refractivity contribution in [2.24, 2.45) is 5.73 Å². The molecule has 3 N–H and O–H groups in total. The van der Waals surface area contributed by atoms with Crippen molar-refractivity contribution in [3.63, 3.8) is 0 Å². The molecule has 1 unspecified atom stereocenters. The molecule has 1 atom stereocenters. The number of methoxy groups -OCH3 is 1. The second-order valence-corrected chi connectivity index (χ2v) is 5.93. The molecular weight excluding hydrogens is 322 g/mol. The molecule has 0 aliphatic carbocycles. The summed E-state index contributed by atoms with van der Waals surface area (Å²) in [4.78, 5) is 26.5. The minimum absolute atomic E-state index is 0.0771. The molecule has 2 aromatic rings. The summed E-state index contributed by atoms with van der Waals surface area (Å²) >= 11 is 0. The minimum atomic E-state index is -0.512. The Kier molecular flexibility index (Phi) is 5.04. The minimum Gasteiger partial charge on any atom is -0.497 e. The second-order valence-electron chi connectivity index (χ2n) is 5.93. The summed E-state index contributed by atoms with van der Waals surface area (Å²) in [5.41, 5.74) is 6.86. The van der Waals surface area contributed by atoms with Crippen molar-refractivity contribution in [3.05, 3.63) is 53.5 Å². The average Bonchev–Trinajstić information content (AvgIpc) is 3.24. The van der Waals surface area contributed by atoms with Gasteiger partial charge in [0.2, 0.25) is 5.91 Å². The number of nitrogens with one attached hydrogen (secondary N) is 1. The van der Waals surface area contributed by atoms with Gasteiger partial charge in [0.1, 0.15) is 23.8 Å². The summed E-state index contributed by atoms with van der Waals surface area (Å²) in [6.45, 7) is 1.35. The number of benzene rings is 1. The van der Waals surface area contributed by atoms with Crippen molar-refractivity contribution < 1.29 is 18.7 Å². The molecule has 1 aromatic carbocycles. The van der Waals surface area contributed by atoms with E-state index in [1.54, 1.807) is 18.1 Å². The predicted molar refractivity (Wildman–Crippen MR) is 90.9 cm³/mol. The third kappa shape index (κ3) is 3.83. The van der Waals surface area contributed by atoms with Crippen LogP contribution in [0.3, 0.4) is 0 Å². The SMILES string of the molecule is COc1ccc(CN2CCC(NC(=O)c3coc(CN)c3)C2=O)cc1. The van der Waals surface area contributed by atoms with E-state index >= 15 is 0 Å². The molecule has 1 saturated heterocycles. The molecule has 7 heteroatoms. The van der Waals surface area contributed by atoms with E-state index in [1.807, 2.05) is 24.3 Å². The quantitative estimate of drug-likeness (QED) is 0.823. The van der Waals surface area contributed by atoms with Crippen LogP contribution in [0.4, 0.5) is 0 Å². The van der Waals surface area contributed by atoms with Crippen LogP contribution in [-0.2, 0) is 17.9 Å². The zero-order valence-corrected chi connectivity index (χ0v) is 14.0. The number of likely N-dealkylation sites (tertiary alicyclic amines) is 1. The fourth-order valence-electron chi connectivity index (χ4n) is 2.83. The summed E-state index contributed by atoms with van der Waals surface area (Å²) in [7, 11) is 1.61. The number of carbonyl (C=O) groups excluding carboxylic acids is 2. The molecule has 7 nitrogen and oxygen atoms in total. The van der Waals surface area contributed by atoms with Gasteiger partial charge in [-0.1, -0.05) is 12.1 Å². The van der Waals surface area contributed by atoms with Crippen LogP contribution in [0.2, 0.25) is 0 Å². The monoisotopic (exact) mass is 343 g/mol. The average molecular weight is 343 g/mol. The lowest BCUT2D eigenvalue weighted by Crippen LogP contribution is -2.41. The summed E-state index contributed by atoms with van der Waals surface area (Å²) in [6, 6.07) is 8.66. The standard InChI is InChI=1S/C18H21N3O4/c1-24-14-4-2-12(3-5-14)10-21-7-6-16(18(21)23)20-17(22)13-8-15(9-19)25-11-13/h2-5,8,11,16H,6-7,9-10,19H2,1H3,(H,20,22). The predicted octanol–water partition coefficient (Wildman–Crippen LogP) is 1.28. The fraction of sp³-hybridized carbons (Fsp3) is 0.333. The van der Waals surface area contributed by atoms with Gasteiger partial charge in [-0.15, -0.1) is 0 Å². The maximum atomic E-state index is 12.5. The largest absolute Gasteiger partial charge is 0.497 e. The van der Waals surface area contributed by atoms with Gasteiger partial charge in [0.25, 0.3) is 5.91 Å². The molecule has 2 amide bonds. The molecule has 2 heterocycles. The third-order valence-corrected chi connectivity index (χ3v) is 4.25. The number of furan rings is 1. The van der Waals surface area contributed by atoms with Gasteiger partial charge in [-0.2, -0.15) is 0 Å². The number of rotatable bonds is 6. The van der Waals surface area contributed by atoms with Crippen molar-refractivity contribution in [2.75, 3.05) is 13.7 Å². The van der Waals surface area contributed by atoms with Crippen LogP contribution in [0.1, 0.15) is 28.1 Å². The summed E-state index contributed by atoms with van der Waals surface area (Å²) in [5, 5.41) is 2.77. The van der Waals surface area contributed by atoms with Gasteiger partial charge in [0.05, 0.1) is 19.2 Å². The molecule has 0 saturated carbocycles. The van der Waals surface area contributed by atoms with Gasteiger partial charge < -0.3 is 25.1 Å². The van der Waals surface area contributed by atoms with Crippen molar-refractivity contribution in [1.82, 2.24) is 10.2 Å². The van der Waals surface area contributed by atoms with Crippen LogP contribution >= 0.6 is 0 Å². The smallest absolute Gasteiger partial charge is 0.255 e. The molecule has 1 fully saturated rings.